The first-order valence-corrected chi connectivity index (χ1v) is 5.04. The summed E-state index contributed by atoms with van der Waals surface area (Å²) >= 11 is 0. The Balaban J connectivity index is 2.06. The van der Waals surface area contributed by atoms with Gasteiger partial charge in [0.15, 0.2) is 0 Å². The van der Waals surface area contributed by atoms with Crippen molar-refractivity contribution in [2.75, 3.05) is 5.73 Å². The van der Waals surface area contributed by atoms with Crippen molar-refractivity contribution in [2.45, 2.75) is 44.4 Å². The van der Waals surface area contributed by atoms with Gasteiger partial charge in [-0.25, -0.2) is 0 Å². The van der Waals surface area contributed by atoms with E-state index in [-0.39, 0.29) is 0 Å². The van der Waals surface area contributed by atoms with Crippen LogP contribution in [0.5, 0.6) is 0 Å². The average molecular weight is 180 g/mol. The number of nitrogens with two attached hydrogens (primary N) is 1. The van der Waals surface area contributed by atoms with Gasteiger partial charge in [-0.3, -0.25) is 5.10 Å². The second kappa shape index (κ2) is 3.77. The van der Waals surface area contributed by atoms with Gasteiger partial charge in [-0.15, -0.1) is 5.10 Å². The van der Waals surface area contributed by atoms with Crippen LogP contribution in [0.15, 0.2) is 0 Å². The fraction of sp³-hybridized carbons (Fsp3) is 0.778. The number of H-pyrrole nitrogens is 1. The predicted octanol–water partition coefficient (Wildman–Crippen LogP) is 1.82. The van der Waals surface area contributed by atoms with Crippen LogP contribution in [0.3, 0.4) is 0 Å². The summed E-state index contributed by atoms with van der Waals surface area (Å²) in [7, 11) is 0. The zero-order valence-electron chi connectivity index (χ0n) is 7.79. The number of aromatic amines is 1. The molecule has 1 aromatic heterocycles. The van der Waals surface area contributed by atoms with Crippen molar-refractivity contribution in [1.29, 1.82) is 0 Å². The third-order valence-electron chi connectivity index (χ3n) is 2.76. The number of hydrogen-bond acceptors (Lipinski definition) is 3. The Morgan fingerprint density at radius 3 is 2.38 bits per heavy atom. The quantitative estimate of drug-likeness (QED) is 0.648. The van der Waals surface area contributed by atoms with E-state index in [0.717, 1.165) is 5.82 Å². The SMILES string of the molecule is Nc1n[nH]c(C2CCCCCC2)n1. The molecule has 1 aromatic rings. The van der Waals surface area contributed by atoms with E-state index in [1.54, 1.807) is 0 Å². The van der Waals surface area contributed by atoms with Crippen LogP contribution in [0.1, 0.15) is 50.3 Å². The molecule has 4 heteroatoms. The largest absolute Gasteiger partial charge is 0.367 e. The molecule has 0 radical (unpaired) electrons. The topological polar surface area (TPSA) is 67.6 Å². The predicted molar refractivity (Wildman–Crippen MR) is 51.2 cm³/mol. The average Bonchev–Trinajstić information content (AvgIpc) is 2.43. The highest BCUT2D eigenvalue weighted by molar-refractivity contribution is 5.14. The van der Waals surface area contributed by atoms with Crippen molar-refractivity contribution in [3.05, 3.63) is 5.82 Å². The summed E-state index contributed by atoms with van der Waals surface area (Å²) in [6, 6.07) is 0. The van der Waals surface area contributed by atoms with Gasteiger partial charge >= 0.3 is 0 Å². The zero-order chi connectivity index (χ0) is 9.10. The normalized spacial score (nSPS) is 20.0. The van der Waals surface area contributed by atoms with Crippen LogP contribution in [-0.2, 0) is 0 Å². The maximum absolute atomic E-state index is 5.47. The maximum Gasteiger partial charge on any atom is 0.239 e. The summed E-state index contributed by atoms with van der Waals surface area (Å²) in [5, 5.41) is 6.78. The molecule has 1 aliphatic rings. The van der Waals surface area contributed by atoms with E-state index in [0.29, 0.717) is 11.9 Å². The molecule has 1 aliphatic carbocycles. The van der Waals surface area contributed by atoms with Crippen LogP contribution < -0.4 is 5.73 Å². The first kappa shape index (κ1) is 8.53. The molecule has 0 amide bonds. The van der Waals surface area contributed by atoms with E-state index in [1.165, 1.54) is 38.5 Å². The molecule has 0 bridgehead atoms. The molecule has 0 aromatic carbocycles. The van der Waals surface area contributed by atoms with Gasteiger partial charge in [0.1, 0.15) is 5.82 Å². The summed E-state index contributed by atoms with van der Waals surface area (Å²) in [6.07, 6.45) is 7.81. The summed E-state index contributed by atoms with van der Waals surface area (Å²) in [6.45, 7) is 0. The second-order valence-electron chi connectivity index (χ2n) is 3.77. The van der Waals surface area contributed by atoms with Gasteiger partial charge in [0.05, 0.1) is 0 Å². The monoisotopic (exact) mass is 180 g/mol. The lowest BCUT2D eigenvalue weighted by molar-refractivity contribution is 0.563. The number of nitrogens with zero attached hydrogens (tertiary/aromatic N) is 2. The van der Waals surface area contributed by atoms with Crippen molar-refractivity contribution in [2.24, 2.45) is 0 Å². The maximum atomic E-state index is 5.47. The second-order valence-corrected chi connectivity index (χ2v) is 3.77. The zero-order valence-corrected chi connectivity index (χ0v) is 7.79. The highest BCUT2D eigenvalue weighted by Gasteiger charge is 2.17. The Hall–Kier alpha value is -1.06. The number of aromatic nitrogens is 3. The summed E-state index contributed by atoms with van der Waals surface area (Å²) < 4.78 is 0. The standard InChI is InChI=1S/C9H16N4/c10-9-11-8(12-13-9)7-5-3-1-2-4-6-7/h7H,1-6H2,(H3,10,11,12,13). The van der Waals surface area contributed by atoms with Gasteiger partial charge in [-0.05, 0) is 12.8 Å². The number of hydrogen-bond donors (Lipinski definition) is 2. The minimum absolute atomic E-state index is 0.374. The van der Waals surface area contributed by atoms with Crippen LogP contribution in [-0.4, -0.2) is 15.2 Å². The van der Waals surface area contributed by atoms with E-state index >= 15 is 0 Å². The molecular formula is C9H16N4. The van der Waals surface area contributed by atoms with Crippen molar-refractivity contribution in [3.63, 3.8) is 0 Å². The lowest BCUT2D eigenvalue weighted by atomic mass is 10.00. The number of nitrogens with one attached hydrogen (secondary N) is 1. The third-order valence-corrected chi connectivity index (χ3v) is 2.76. The van der Waals surface area contributed by atoms with Crippen LogP contribution in [0.25, 0.3) is 0 Å². The molecule has 2 rings (SSSR count). The third kappa shape index (κ3) is 1.99. The molecule has 3 N–H and O–H groups in total. The molecule has 1 saturated carbocycles. The molecule has 0 saturated heterocycles. The molecular weight excluding hydrogens is 164 g/mol. The Labute approximate surface area is 77.9 Å². The Morgan fingerprint density at radius 2 is 1.85 bits per heavy atom. The highest BCUT2D eigenvalue weighted by atomic mass is 15.3. The lowest BCUT2D eigenvalue weighted by Gasteiger charge is -2.08. The van der Waals surface area contributed by atoms with Crippen LogP contribution >= 0.6 is 0 Å². The minimum atomic E-state index is 0.374. The molecule has 0 atom stereocenters. The molecule has 1 heterocycles. The molecule has 0 unspecified atom stereocenters. The van der Waals surface area contributed by atoms with E-state index in [9.17, 15) is 0 Å². The van der Waals surface area contributed by atoms with E-state index in [2.05, 4.69) is 15.2 Å². The van der Waals surface area contributed by atoms with Crippen molar-refractivity contribution in [3.8, 4) is 0 Å². The smallest absolute Gasteiger partial charge is 0.239 e. The number of anilines is 1. The first-order chi connectivity index (χ1) is 6.36. The van der Waals surface area contributed by atoms with E-state index < -0.39 is 0 Å². The fourth-order valence-electron chi connectivity index (χ4n) is 2.02. The Kier molecular flexibility index (Phi) is 2.47. The van der Waals surface area contributed by atoms with Crippen LogP contribution in [0.4, 0.5) is 5.95 Å². The Morgan fingerprint density at radius 1 is 1.15 bits per heavy atom. The van der Waals surface area contributed by atoms with Gasteiger partial charge in [-0.2, -0.15) is 4.98 Å². The molecule has 1 fully saturated rings. The number of nitrogen functional groups attached to an aromatic ring is 1. The molecule has 72 valence electrons. The molecule has 0 aliphatic heterocycles. The Bertz CT molecular complexity index is 260. The lowest BCUT2D eigenvalue weighted by Crippen LogP contribution is -1.99. The number of rotatable bonds is 1. The minimum Gasteiger partial charge on any atom is -0.367 e. The van der Waals surface area contributed by atoms with E-state index in [1.807, 2.05) is 0 Å². The van der Waals surface area contributed by atoms with Crippen LogP contribution in [0.2, 0.25) is 0 Å². The van der Waals surface area contributed by atoms with Gasteiger partial charge in [0.25, 0.3) is 0 Å². The van der Waals surface area contributed by atoms with Gasteiger partial charge in [0, 0.05) is 5.92 Å². The molecule has 13 heavy (non-hydrogen) atoms. The van der Waals surface area contributed by atoms with E-state index in [4.69, 9.17) is 5.73 Å². The summed E-state index contributed by atoms with van der Waals surface area (Å²) in [5.41, 5.74) is 5.47. The fourth-order valence-corrected chi connectivity index (χ4v) is 2.02. The van der Waals surface area contributed by atoms with Gasteiger partial charge in [-0.1, -0.05) is 25.7 Å². The van der Waals surface area contributed by atoms with Crippen molar-refractivity contribution < 1.29 is 0 Å². The van der Waals surface area contributed by atoms with Gasteiger partial charge < -0.3 is 5.73 Å². The van der Waals surface area contributed by atoms with Crippen molar-refractivity contribution >= 4 is 5.95 Å². The summed E-state index contributed by atoms with van der Waals surface area (Å²) in [5.74, 6) is 1.92. The molecule has 0 spiro atoms. The highest BCUT2D eigenvalue weighted by Crippen LogP contribution is 2.29. The first-order valence-electron chi connectivity index (χ1n) is 5.04. The van der Waals surface area contributed by atoms with Gasteiger partial charge in [0.2, 0.25) is 5.95 Å². The molecule has 4 nitrogen and oxygen atoms in total. The summed E-state index contributed by atoms with van der Waals surface area (Å²) in [4.78, 5) is 4.19. The van der Waals surface area contributed by atoms with Crippen molar-refractivity contribution in [1.82, 2.24) is 15.2 Å². The van der Waals surface area contributed by atoms with Crippen LogP contribution in [0, 0.1) is 0 Å².